The monoisotopic (exact) mass is 651 g/mol. The Hall–Kier alpha value is -6.45. The number of hydrogen-bond acceptors (Lipinski definition) is 3. The molecule has 0 saturated heterocycles. The maximum atomic E-state index is 5.31. The predicted molar refractivity (Wildman–Crippen MR) is 212 cm³/mol. The van der Waals surface area contributed by atoms with E-state index in [0.717, 1.165) is 33.0 Å². The molecule has 1 aromatic heterocycles. The second-order valence-electron chi connectivity index (χ2n) is 14.0. The highest BCUT2D eigenvalue weighted by Gasteiger charge is 2.37. The minimum absolute atomic E-state index is 0.119. The van der Waals surface area contributed by atoms with E-state index in [1.54, 1.807) is 0 Å². The Labute approximate surface area is 297 Å². The maximum Gasteiger partial charge on any atom is 0.164 e. The van der Waals surface area contributed by atoms with E-state index in [2.05, 4.69) is 178 Å². The van der Waals surface area contributed by atoms with Gasteiger partial charge in [0.2, 0.25) is 0 Å². The van der Waals surface area contributed by atoms with Crippen LogP contribution >= 0.6 is 0 Å². The zero-order valence-electron chi connectivity index (χ0n) is 28.4. The molecule has 0 N–H and O–H groups in total. The SMILES string of the molecule is CC1(C)c2ccccc2-c2c(-c3c(-c4nc(-c5ccc6ccccc6c5)nc(-c5ccc6ccccc6c5)n4)ccc4ccccc34)cccc21. The molecule has 3 heteroatoms. The van der Waals surface area contributed by atoms with Gasteiger partial charge in [-0.25, -0.2) is 15.0 Å². The number of rotatable bonds is 4. The summed E-state index contributed by atoms with van der Waals surface area (Å²) in [5.41, 5.74) is 10.4. The normalized spacial score (nSPS) is 13.1. The quantitative estimate of drug-likeness (QED) is 0.190. The van der Waals surface area contributed by atoms with Crippen molar-refractivity contribution in [2.24, 2.45) is 0 Å². The van der Waals surface area contributed by atoms with Crippen LogP contribution in [-0.4, -0.2) is 15.0 Å². The first-order chi connectivity index (χ1) is 25.0. The summed E-state index contributed by atoms with van der Waals surface area (Å²) in [5.74, 6) is 1.95. The van der Waals surface area contributed by atoms with E-state index in [1.165, 1.54) is 49.4 Å². The van der Waals surface area contributed by atoms with Gasteiger partial charge >= 0.3 is 0 Å². The van der Waals surface area contributed by atoms with Gasteiger partial charge in [-0.05, 0) is 78.3 Å². The van der Waals surface area contributed by atoms with Crippen LogP contribution in [0.25, 0.3) is 88.7 Å². The number of benzene rings is 8. The van der Waals surface area contributed by atoms with E-state index in [1.807, 2.05) is 0 Å². The molecule has 8 aromatic carbocycles. The Morgan fingerprint density at radius 2 is 0.863 bits per heavy atom. The first-order valence-corrected chi connectivity index (χ1v) is 17.5. The molecule has 1 heterocycles. The fraction of sp³-hybridized carbons (Fsp3) is 0.0625. The molecule has 3 nitrogen and oxygen atoms in total. The van der Waals surface area contributed by atoms with Gasteiger partial charge in [0.15, 0.2) is 17.5 Å². The summed E-state index contributed by atoms with van der Waals surface area (Å²) in [5, 5.41) is 7.02. The lowest BCUT2D eigenvalue weighted by molar-refractivity contribution is 0.660. The van der Waals surface area contributed by atoms with Crippen LogP contribution in [0.1, 0.15) is 25.0 Å². The van der Waals surface area contributed by atoms with Crippen LogP contribution in [-0.2, 0) is 5.41 Å². The Balaban J connectivity index is 1.27. The molecule has 0 unspecified atom stereocenters. The zero-order valence-corrected chi connectivity index (χ0v) is 28.4. The average molecular weight is 652 g/mol. The van der Waals surface area contributed by atoms with Crippen LogP contribution in [0.3, 0.4) is 0 Å². The molecule has 0 atom stereocenters. The van der Waals surface area contributed by atoms with Gasteiger partial charge in [0, 0.05) is 27.7 Å². The van der Waals surface area contributed by atoms with Crippen LogP contribution in [0.5, 0.6) is 0 Å². The molecule has 0 spiro atoms. The smallest absolute Gasteiger partial charge is 0.164 e. The van der Waals surface area contributed by atoms with Gasteiger partial charge < -0.3 is 0 Å². The number of fused-ring (bicyclic) bond motifs is 6. The third-order valence-corrected chi connectivity index (χ3v) is 10.7. The fourth-order valence-electron chi connectivity index (χ4n) is 8.12. The number of nitrogens with zero attached hydrogens (tertiary/aromatic N) is 3. The van der Waals surface area contributed by atoms with E-state index in [9.17, 15) is 0 Å². The molecule has 9 aromatic rings. The van der Waals surface area contributed by atoms with E-state index in [4.69, 9.17) is 15.0 Å². The minimum Gasteiger partial charge on any atom is -0.208 e. The Morgan fingerprint density at radius 3 is 1.55 bits per heavy atom. The lowest BCUT2D eigenvalue weighted by Crippen LogP contribution is -2.14. The van der Waals surface area contributed by atoms with Crippen molar-refractivity contribution < 1.29 is 0 Å². The van der Waals surface area contributed by atoms with Crippen LogP contribution in [0.4, 0.5) is 0 Å². The van der Waals surface area contributed by atoms with Crippen LogP contribution in [0.2, 0.25) is 0 Å². The standard InChI is InChI=1S/C48H33N3/c1-48(2)41-20-10-9-18-38(41)44-39(19-11-21-42(44)48)43-37-17-8-7-14-32(37)26-27-40(43)47-50-45(35-24-22-30-12-3-5-15-33(30)28-35)49-46(51-47)36-25-23-31-13-4-6-16-34(31)29-36/h3-29H,1-2H3. The van der Waals surface area contributed by atoms with E-state index < -0.39 is 0 Å². The van der Waals surface area contributed by atoms with Gasteiger partial charge in [-0.2, -0.15) is 0 Å². The van der Waals surface area contributed by atoms with Gasteiger partial charge in [0.25, 0.3) is 0 Å². The lowest BCUT2D eigenvalue weighted by Gasteiger charge is -2.22. The molecule has 0 fully saturated rings. The second kappa shape index (κ2) is 11.3. The molecular formula is C48H33N3. The molecule has 0 saturated carbocycles. The fourth-order valence-corrected chi connectivity index (χ4v) is 8.12. The first kappa shape index (κ1) is 29.5. The van der Waals surface area contributed by atoms with Gasteiger partial charge in [-0.3, -0.25) is 0 Å². The van der Waals surface area contributed by atoms with Crippen molar-refractivity contribution in [3.05, 3.63) is 175 Å². The van der Waals surface area contributed by atoms with Crippen molar-refractivity contribution in [2.45, 2.75) is 19.3 Å². The molecule has 0 amide bonds. The Bertz CT molecular complexity index is 2750. The molecule has 240 valence electrons. The van der Waals surface area contributed by atoms with Crippen LogP contribution < -0.4 is 0 Å². The van der Waals surface area contributed by atoms with Crippen molar-refractivity contribution in [3.8, 4) is 56.4 Å². The zero-order chi connectivity index (χ0) is 34.1. The third-order valence-electron chi connectivity index (χ3n) is 10.7. The van der Waals surface area contributed by atoms with Gasteiger partial charge in [0.1, 0.15) is 0 Å². The molecule has 51 heavy (non-hydrogen) atoms. The summed E-state index contributed by atoms with van der Waals surface area (Å²) < 4.78 is 0. The largest absolute Gasteiger partial charge is 0.208 e. The second-order valence-corrected chi connectivity index (χ2v) is 14.0. The van der Waals surface area contributed by atoms with Gasteiger partial charge in [0.05, 0.1) is 0 Å². The molecule has 10 rings (SSSR count). The van der Waals surface area contributed by atoms with Gasteiger partial charge in [-0.15, -0.1) is 0 Å². The highest BCUT2D eigenvalue weighted by Crippen LogP contribution is 2.53. The van der Waals surface area contributed by atoms with E-state index >= 15 is 0 Å². The summed E-state index contributed by atoms with van der Waals surface area (Å²) in [6.07, 6.45) is 0. The van der Waals surface area contributed by atoms with Crippen LogP contribution in [0, 0.1) is 0 Å². The molecule has 0 radical (unpaired) electrons. The van der Waals surface area contributed by atoms with Crippen molar-refractivity contribution in [1.29, 1.82) is 0 Å². The van der Waals surface area contributed by atoms with Crippen LogP contribution in [0.15, 0.2) is 164 Å². The summed E-state index contributed by atoms with van der Waals surface area (Å²) in [7, 11) is 0. The Kier molecular flexibility index (Phi) is 6.53. The minimum atomic E-state index is -0.119. The predicted octanol–water partition coefficient (Wildman–Crippen LogP) is 12.3. The first-order valence-electron chi connectivity index (χ1n) is 17.5. The topological polar surface area (TPSA) is 38.7 Å². The summed E-state index contributed by atoms with van der Waals surface area (Å²) >= 11 is 0. The van der Waals surface area contributed by atoms with Crippen molar-refractivity contribution in [2.75, 3.05) is 0 Å². The number of hydrogen-bond donors (Lipinski definition) is 0. The van der Waals surface area contributed by atoms with Gasteiger partial charge in [-0.1, -0.05) is 159 Å². The molecule has 1 aliphatic carbocycles. The van der Waals surface area contributed by atoms with Crippen molar-refractivity contribution in [3.63, 3.8) is 0 Å². The summed E-state index contributed by atoms with van der Waals surface area (Å²) in [4.78, 5) is 15.8. The molecular weight excluding hydrogens is 619 g/mol. The summed E-state index contributed by atoms with van der Waals surface area (Å²) in [6.45, 7) is 4.67. The molecule has 0 aliphatic heterocycles. The van der Waals surface area contributed by atoms with E-state index in [0.29, 0.717) is 17.5 Å². The molecule has 0 bridgehead atoms. The third kappa shape index (κ3) is 4.69. The van der Waals surface area contributed by atoms with Crippen molar-refractivity contribution >= 4 is 32.3 Å². The molecule has 1 aliphatic rings. The Morgan fingerprint density at radius 1 is 0.353 bits per heavy atom. The van der Waals surface area contributed by atoms with E-state index in [-0.39, 0.29) is 5.41 Å². The van der Waals surface area contributed by atoms with Crippen molar-refractivity contribution in [1.82, 2.24) is 15.0 Å². The summed E-state index contributed by atoms with van der Waals surface area (Å²) in [6, 6.07) is 58.5. The number of aromatic nitrogens is 3. The highest BCUT2D eigenvalue weighted by molar-refractivity contribution is 6.08. The average Bonchev–Trinajstić information content (AvgIpc) is 3.43. The maximum absolute atomic E-state index is 5.31. The highest BCUT2D eigenvalue weighted by atomic mass is 15.0. The lowest BCUT2D eigenvalue weighted by atomic mass is 9.81.